The fourth-order valence-corrected chi connectivity index (χ4v) is 3.22. The largest absolute Gasteiger partial charge is 0.365 e. The van der Waals surface area contributed by atoms with Gasteiger partial charge in [0.1, 0.15) is 11.6 Å². The van der Waals surface area contributed by atoms with Gasteiger partial charge in [-0.15, -0.1) is 0 Å². The number of halogens is 1. The molecule has 162 valence electrons. The Morgan fingerprint density at radius 3 is 2.41 bits per heavy atom. The normalized spacial score (nSPS) is 10.7. The van der Waals surface area contributed by atoms with Crippen molar-refractivity contribution in [1.82, 2.24) is 9.97 Å². The van der Waals surface area contributed by atoms with Crippen LogP contribution in [-0.4, -0.2) is 22.4 Å². The fraction of sp³-hybridized carbons (Fsp3) is 0.160. The van der Waals surface area contributed by atoms with Crippen molar-refractivity contribution < 1.29 is 9.18 Å². The van der Waals surface area contributed by atoms with Crippen molar-refractivity contribution in [2.24, 2.45) is 0 Å². The highest BCUT2D eigenvalue weighted by Gasteiger charge is 2.08. The molecule has 6 nitrogen and oxygen atoms in total. The molecule has 0 radical (unpaired) electrons. The monoisotopic (exact) mass is 429 g/mol. The molecule has 3 aromatic carbocycles. The number of carbonyl (C=O) groups is 1. The zero-order chi connectivity index (χ0) is 22.3. The molecule has 0 atom stereocenters. The van der Waals surface area contributed by atoms with Crippen molar-refractivity contribution in [2.75, 3.05) is 22.5 Å². The molecule has 0 spiro atoms. The van der Waals surface area contributed by atoms with Crippen molar-refractivity contribution in [3.8, 4) is 0 Å². The van der Waals surface area contributed by atoms with Crippen LogP contribution in [0.15, 0.2) is 72.8 Å². The number of fused-ring (bicyclic) bond motifs is 1. The summed E-state index contributed by atoms with van der Waals surface area (Å²) in [5.74, 6) is 0.716. The molecule has 0 unspecified atom stereocenters. The Hall–Kier alpha value is -4.00. The first-order valence-electron chi connectivity index (χ1n) is 10.5. The third-order valence-electron chi connectivity index (χ3n) is 4.91. The molecular weight excluding hydrogens is 405 g/mol. The standard InChI is InChI=1S/C25H24FN5O/c1-2-15-27-25-30-22-6-4-3-5-21(22)23(31-25)28-16-17-7-13-20(14-8-17)29-24(32)18-9-11-19(26)12-10-18/h3-14H,2,15-16H2,1H3,(H,29,32)(H2,27,28,30,31). The zero-order valence-electron chi connectivity index (χ0n) is 17.7. The number of hydrogen-bond donors (Lipinski definition) is 3. The van der Waals surface area contributed by atoms with Gasteiger partial charge in [0, 0.05) is 29.7 Å². The molecule has 0 fully saturated rings. The van der Waals surface area contributed by atoms with E-state index in [9.17, 15) is 9.18 Å². The van der Waals surface area contributed by atoms with Crippen LogP contribution < -0.4 is 16.0 Å². The molecule has 3 N–H and O–H groups in total. The Labute approximate surface area is 185 Å². The Morgan fingerprint density at radius 2 is 1.66 bits per heavy atom. The molecule has 4 aromatic rings. The maximum atomic E-state index is 13.0. The number of carbonyl (C=O) groups excluding carboxylic acids is 1. The number of rotatable bonds is 8. The topological polar surface area (TPSA) is 78.9 Å². The summed E-state index contributed by atoms with van der Waals surface area (Å²) in [7, 11) is 0. The van der Waals surface area contributed by atoms with Gasteiger partial charge in [-0.3, -0.25) is 4.79 Å². The van der Waals surface area contributed by atoms with E-state index in [1.807, 2.05) is 48.5 Å². The number of hydrogen-bond acceptors (Lipinski definition) is 5. The molecule has 7 heteroatoms. The summed E-state index contributed by atoms with van der Waals surface area (Å²) in [4.78, 5) is 21.5. The van der Waals surface area contributed by atoms with E-state index in [2.05, 4.69) is 32.8 Å². The second-order valence-electron chi connectivity index (χ2n) is 7.35. The average Bonchev–Trinajstić information content (AvgIpc) is 2.82. The molecule has 1 amide bonds. The first-order chi connectivity index (χ1) is 15.6. The number of nitrogens with zero attached hydrogens (tertiary/aromatic N) is 2. The van der Waals surface area contributed by atoms with Gasteiger partial charge in [0.25, 0.3) is 5.91 Å². The Morgan fingerprint density at radius 1 is 0.906 bits per heavy atom. The van der Waals surface area contributed by atoms with Crippen LogP contribution in [0.25, 0.3) is 10.9 Å². The number of amides is 1. The van der Waals surface area contributed by atoms with Crippen LogP contribution >= 0.6 is 0 Å². The van der Waals surface area contributed by atoms with Gasteiger partial charge in [-0.1, -0.05) is 31.2 Å². The highest BCUT2D eigenvalue weighted by atomic mass is 19.1. The number of para-hydroxylation sites is 1. The predicted molar refractivity (Wildman–Crippen MR) is 126 cm³/mol. The third-order valence-corrected chi connectivity index (χ3v) is 4.91. The van der Waals surface area contributed by atoms with Gasteiger partial charge >= 0.3 is 0 Å². The van der Waals surface area contributed by atoms with Crippen molar-refractivity contribution in [3.63, 3.8) is 0 Å². The molecule has 0 saturated heterocycles. The first-order valence-corrected chi connectivity index (χ1v) is 10.5. The summed E-state index contributed by atoms with van der Waals surface area (Å²) in [5, 5.41) is 10.4. The van der Waals surface area contributed by atoms with Crippen LogP contribution in [0.4, 0.5) is 21.8 Å². The lowest BCUT2D eigenvalue weighted by Gasteiger charge is -2.12. The van der Waals surface area contributed by atoms with Gasteiger partial charge in [0.15, 0.2) is 0 Å². The highest BCUT2D eigenvalue weighted by Crippen LogP contribution is 2.23. The third kappa shape index (κ3) is 5.18. The van der Waals surface area contributed by atoms with E-state index in [1.54, 1.807) is 0 Å². The lowest BCUT2D eigenvalue weighted by Crippen LogP contribution is -2.12. The van der Waals surface area contributed by atoms with Crippen LogP contribution in [0, 0.1) is 5.82 Å². The lowest BCUT2D eigenvalue weighted by molar-refractivity contribution is 0.102. The Bertz CT molecular complexity index is 1210. The van der Waals surface area contributed by atoms with Gasteiger partial charge in [-0.05, 0) is 60.5 Å². The minimum atomic E-state index is -0.372. The maximum Gasteiger partial charge on any atom is 0.255 e. The number of aromatic nitrogens is 2. The van der Waals surface area contributed by atoms with E-state index >= 15 is 0 Å². The summed E-state index contributed by atoms with van der Waals surface area (Å²) < 4.78 is 13.0. The smallest absolute Gasteiger partial charge is 0.255 e. The second-order valence-corrected chi connectivity index (χ2v) is 7.35. The van der Waals surface area contributed by atoms with Gasteiger partial charge in [0.2, 0.25) is 5.95 Å². The van der Waals surface area contributed by atoms with E-state index in [1.165, 1.54) is 24.3 Å². The number of nitrogens with one attached hydrogen (secondary N) is 3. The van der Waals surface area contributed by atoms with E-state index in [4.69, 9.17) is 0 Å². The minimum absolute atomic E-state index is 0.282. The zero-order valence-corrected chi connectivity index (χ0v) is 17.7. The summed E-state index contributed by atoms with van der Waals surface area (Å²) in [5.41, 5.74) is 2.99. The van der Waals surface area contributed by atoms with Gasteiger partial charge in [0.05, 0.1) is 5.52 Å². The highest BCUT2D eigenvalue weighted by molar-refractivity contribution is 6.04. The summed E-state index contributed by atoms with van der Waals surface area (Å²) in [6, 6.07) is 20.9. The van der Waals surface area contributed by atoms with Gasteiger partial charge < -0.3 is 16.0 Å². The van der Waals surface area contributed by atoms with Crippen molar-refractivity contribution in [2.45, 2.75) is 19.9 Å². The summed E-state index contributed by atoms with van der Waals surface area (Å²) in [6.45, 7) is 3.47. The van der Waals surface area contributed by atoms with Crippen LogP contribution in [0.2, 0.25) is 0 Å². The van der Waals surface area contributed by atoms with Crippen LogP contribution in [0.3, 0.4) is 0 Å². The van der Waals surface area contributed by atoms with Crippen LogP contribution in [0.5, 0.6) is 0 Å². The van der Waals surface area contributed by atoms with E-state index in [0.29, 0.717) is 23.7 Å². The summed E-state index contributed by atoms with van der Waals surface area (Å²) in [6.07, 6.45) is 0.989. The van der Waals surface area contributed by atoms with Crippen LogP contribution in [-0.2, 0) is 6.54 Å². The summed E-state index contributed by atoms with van der Waals surface area (Å²) >= 11 is 0. The number of benzene rings is 3. The molecule has 0 saturated carbocycles. The van der Waals surface area contributed by atoms with Crippen molar-refractivity contribution >= 4 is 34.3 Å². The van der Waals surface area contributed by atoms with Crippen molar-refractivity contribution in [1.29, 1.82) is 0 Å². The fourth-order valence-electron chi connectivity index (χ4n) is 3.22. The molecule has 1 aromatic heterocycles. The molecule has 0 aliphatic heterocycles. The average molecular weight is 429 g/mol. The van der Waals surface area contributed by atoms with E-state index in [0.717, 1.165) is 35.2 Å². The molecule has 0 aliphatic carbocycles. The first kappa shape index (κ1) is 21.2. The Balaban J connectivity index is 1.43. The molecule has 4 rings (SSSR count). The maximum absolute atomic E-state index is 13.0. The predicted octanol–water partition coefficient (Wildman–Crippen LogP) is 5.46. The van der Waals surface area contributed by atoms with Gasteiger partial charge in [-0.25, -0.2) is 9.37 Å². The second kappa shape index (κ2) is 9.87. The molecule has 0 bridgehead atoms. The Kier molecular flexibility index (Phi) is 6.55. The molecular formula is C25H24FN5O. The number of anilines is 3. The van der Waals surface area contributed by atoms with E-state index < -0.39 is 0 Å². The van der Waals surface area contributed by atoms with Crippen molar-refractivity contribution in [3.05, 3.63) is 89.7 Å². The van der Waals surface area contributed by atoms with Crippen LogP contribution in [0.1, 0.15) is 29.3 Å². The SMILES string of the molecule is CCCNc1nc(NCc2ccc(NC(=O)c3ccc(F)cc3)cc2)c2ccccc2n1. The quantitative estimate of drug-likeness (QED) is 0.347. The van der Waals surface area contributed by atoms with E-state index in [-0.39, 0.29) is 11.7 Å². The van der Waals surface area contributed by atoms with Gasteiger partial charge in [-0.2, -0.15) is 4.98 Å². The molecule has 32 heavy (non-hydrogen) atoms. The lowest BCUT2D eigenvalue weighted by atomic mass is 10.1. The molecule has 1 heterocycles. The molecule has 0 aliphatic rings. The minimum Gasteiger partial charge on any atom is -0.365 e.